The van der Waals surface area contributed by atoms with Crippen molar-refractivity contribution < 1.29 is 22.0 Å². The number of nitrogens with zero attached hydrogens (tertiary/aromatic N) is 1. The first-order valence-electron chi connectivity index (χ1n) is 6.56. The minimum absolute atomic E-state index is 0.0579. The van der Waals surface area contributed by atoms with Gasteiger partial charge in [0.05, 0.1) is 0 Å². The van der Waals surface area contributed by atoms with E-state index < -0.39 is 23.4 Å². The van der Waals surface area contributed by atoms with Crippen LogP contribution < -0.4 is 0 Å². The van der Waals surface area contributed by atoms with Crippen LogP contribution in [0.25, 0.3) is 10.8 Å². The summed E-state index contributed by atoms with van der Waals surface area (Å²) in [6.45, 7) is 7.33. The van der Waals surface area contributed by atoms with Gasteiger partial charge in [-0.1, -0.05) is 27.7 Å². The lowest BCUT2D eigenvalue weighted by molar-refractivity contribution is -0.139. The molecule has 0 N–H and O–H groups in total. The van der Waals surface area contributed by atoms with Crippen molar-refractivity contribution in [1.82, 2.24) is 4.98 Å². The van der Waals surface area contributed by atoms with Gasteiger partial charge in [0.2, 0.25) is 0 Å². The maximum atomic E-state index is 13.6. The van der Waals surface area contributed by atoms with Gasteiger partial charge in [-0.15, -0.1) is 0 Å². The van der Waals surface area contributed by atoms with Crippen LogP contribution in [0.4, 0.5) is 22.0 Å². The molecular weight excluding hydrogens is 289 g/mol. The van der Waals surface area contributed by atoms with Crippen LogP contribution in [0.2, 0.25) is 0 Å². The lowest BCUT2D eigenvalue weighted by atomic mass is 9.94. The first kappa shape index (κ1) is 17.3. The van der Waals surface area contributed by atoms with Crippen LogP contribution in [0, 0.1) is 11.6 Å². The molecule has 2 aromatic rings. The zero-order valence-electron chi connectivity index (χ0n) is 12.1. The van der Waals surface area contributed by atoms with E-state index in [1.165, 1.54) is 6.20 Å². The van der Waals surface area contributed by atoms with Gasteiger partial charge in [-0.25, -0.2) is 8.78 Å². The molecule has 116 valence electrons. The van der Waals surface area contributed by atoms with E-state index in [1.807, 2.05) is 13.8 Å². The highest BCUT2D eigenvalue weighted by Crippen LogP contribution is 2.40. The molecule has 0 saturated heterocycles. The van der Waals surface area contributed by atoms with Gasteiger partial charge in [0.25, 0.3) is 0 Å². The van der Waals surface area contributed by atoms with Crippen LogP contribution >= 0.6 is 0 Å². The number of alkyl halides is 3. The Morgan fingerprint density at radius 1 is 1.05 bits per heavy atom. The molecule has 0 aliphatic heterocycles. The monoisotopic (exact) mass is 305 g/mol. The van der Waals surface area contributed by atoms with E-state index in [-0.39, 0.29) is 22.3 Å². The van der Waals surface area contributed by atoms with Crippen molar-refractivity contribution in [2.24, 2.45) is 0 Å². The Hall–Kier alpha value is -1.72. The van der Waals surface area contributed by atoms with Crippen molar-refractivity contribution in [2.75, 3.05) is 0 Å². The molecule has 6 heteroatoms. The third kappa shape index (κ3) is 3.31. The minimum Gasteiger partial charge on any atom is -0.264 e. The molecule has 21 heavy (non-hydrogen) atoms. The van der Waals surface area contributed by atoms with Crippen molar-refractivity contribution in [3.05, 3.63) is 41.2 Å². The summed E-state index contributed by atoms with van der Waals surface area (Å²) in [5.41, 5.74) is -1.32. The Labute approximate surface area is 119 Å². The molecular formula is C15H16F5N. The van der Waals surface area contributed by atoms with Crippen LogP contribution in [0.5, 0.6) is 0 Å². The van der Waals surface area contributed by atoms with Crippen LogP contribution in [-0.2, 0) is 6.18 Å². The van der Waals surface area contributed by atoms with Gasteiger partial charge in [-0.3, -0.25) is 4.98 Å². The smallest absolute Gasteiger partial charge is 0.264 e. The summed E-state index contributed by atoms with van der Waals surface area (Å²) in [5.74, 6) is -3.68. The Kier molecular flexibility index (Phi) is 5.25. The lowest BCUT2D eigenvalue weighted by Gasteiger charge is -2.16. The maximum absolute atomic E-state index is 13.6. The summed E-state index contributed by atoms with van der Waals surface area (Å²) in [5, 5.41) is -0.381. The zero-order chi connectivity index (χ0) is 16.4. The normalized spacial score (nSPS) is 11.5. The largest absolute Gasteiger partial charge is 0.419 e. The summed E-state index contributed by atoms with van der Waals surface area (Å²) in [4.78, 5) is 3.77. The lowest BCUT2D eigenvalue weighted by Crippen LogP contribution is -2.12. The number of pyridine rings is 1. The van der Waals surface area contributed by atoms with Crippen molar-refractivity contribution in [3.8, 4) is 0 Å². The van der Waals surface area contributed by atoms with Crippen LogP contribution in [-0.4, -0.2) is 4.98 Å². The molecule has 0 aliphatic rings. The number of rotatable bonds is 1. The SMILES string of the molecule is CC.CC(C)c1cncc2cc(F)c(F)c(C(F)(F)F)c12. The van der Waals surface area contributed by atoms with E-state index in [0.717, 1.165) is 12.3 Å². The van der Waals surface area contributed by atoms with E-state index in [0.29, 0.717) is 0 Å². The van der Waals surface area contributed by atoms with Gasteiger partial charge < -0.3 is 0 Å². The number of benzene rings is 1. The molecule has 0 aliphatic carbocycles. The predicted molar refractivity (Wildman–Crippen MR) is 72.1 cm³/mol. The summed E-state index contributed by atoms with van der Waals surface area (Å²) in [7, 11) is 0. The molecule has 0 unspecified atom stereocenters. The molecule has 0 radical (unpaired) electrons. The Bertz CT molecular complexity index is 632. The highest BCUT2D eigenvalue weighted by molar-refractivity contribution is 5.89. The standard InChI is InChI=1S/C13H10F5N.C2H6/c1-6(2)8-5-19-4-7-3-9(14)12(15)11(10(7)8)13(16,17)18;1-2/h3-6H,1-2H3;1-2H3. The minimum atomic E-state index is -4.96. The highest BCUT2D eigenvalue weighted by atomic mass is 19.4. The Morgan fingerprint density at radius 3 is 2.10 bits per heavy atom. The second-order valence-electron chi connectivity index (χ2n) is 4.53. The Balaban J connectivity index is 0.00000106. The third-order valence-corrected chi connectivity index (χ3v) is 2.87. The quantitative estimate of drug-likeness (QED) is 0.617. The van der Waals surface area contributed by atoms with Gasteiger partial charge in [0.15, 0.2) is 11.6 Å². The molecule has 1 aromatic heterocycles. The molecule has 2 rings (SSSR count). The second-order valence-corrected chi connectivity index (χ2v) is 4.53. The fraction of sp³-hybridized carbons (Fsp3) is 0.400. The predicted octanol–water partition coefficient (Wildman–Crippen LogP) is 5.68. The summed E-state index contributed by atoms with van der Waals surface area (Å²) < 4.78 is 65.8. The van der Waals surface area contributed by atoms with Crippen molar-refractivity contribution >= 4 is 10.8 Å². The van der Waals surface area contributed by atoms with Crippen molar-refractivity contribution in [2.45, 2.75) is 39.8 Å². The number of hydrogen-bond donors (Lipinski definition) is 0. The molecule has 1 heterocycles. The Morgan fingerprint density at radius 2 is 1.62 bits per heavy atom. The van der Waals surface area contributed by atoms with E-state index in [9.17, 15) is 22.0 Å². The van der Waals surface area contributed by atoms with Gasteiger partial charge in [0, 0.05) is 23.2 Å². The van der Waals surface area contributed by atoms with Gasteiger partial charge >= 0.3 is 6.18 Å². The highest BCUT2D eigenvalue weighted by Gasteiger charge is 2.38. The van der Waals surface area contributed by atoms with E-state index >= 15 is 0 Å². The van der Waals surface area contributed by atoms with Gasteiger partial charge in [0.1, 0.15) is 5.56 Å². The number of hydrogen-bond acceptors (Lipinski definition) is 1. The maximum Gasteiger partial charge on any atom is 0.419 e. The topological polar surface area (TPSA) is 12.9 Å². The fourth-order valence-electron chi connectivity index (χ4n) is 2.02. The van der Waals surface area contributed by atoms with Crippen LogP contribution in [0.15, 0.2) is 18.5 Å². The van der Waals surface area contributed by atoms with Crippen molar-refractivity contribution in [3.63, 3.8) is 0 Å². The summed E-state index contributed by atoms with van der Waals surface area (Å²) in [6.07, 6.45) is -2.62. The molecule has 0 saturated carbocycles. The number of fused-ring (bicyclic) bond motifs is 1. The molecule has 1 nitrogen and oxygen atoms in total. The molecule has 0 amide bonds. The average molecular weight is 305 g/mol. The zero-order valence-corrected chi connectivity index (χ0v) is 12.1. The molecule has 0 atom stereocenters. The second kappa shape index (κ2) is 6.37. The van der Waals surface area contributed by atoms with Gasteiger partial charge in [-0.05, 0) is 17.5 Å². The van der Waals surface area contributed by atoms with Crippen LogP contribution in [0.1, 0.15) is 44.7 Å². The first-order chi connectivity index (χ1) is 9.73. The third-order valence-electron chi connectivity index (χ3n) is 2.87. The first-order valence-corrected chi connectivity index (χ1v) is 6.56. The van der Waals surface area contributed by atoms with Crippen LogP contribution in [0.3, 0.4) is 0 Å². The molecule has 0 bridgehead atoms. The molecule has 0 fully saturated rings. The van der Waals surface area contributed by atoms with E-state index in [4.69, 9.17) is 0 Å². The van der Waals surface area contributed by atoms with Gasteiger partial charge in [-0.2, -0.15) is 13.2 Å². The molecule has 0 spiro atoms. The number of aromatic nitrogens is 1. The van der Waals surface area contributed by atoms with E-state index in [2.05, 4.69) is 4.98 Å². The summed E-state index contributed by atoms with van der Waals surface area (Å²) in [6, 6.07) is 0.735. The fourth-order valence-corrected chi connectivity index (χ4v) is 2.02. The van der Waals surface area contributed by atoms with E-state index in [1.54, 1.807) is 13.8 Å². The average Bonchev–Trinajstić information content (AvgIpc) is 2.40. The number of halogens is 5. The summed E-state index contributed by atoms with van der Waals surface area (Å²) >= 11 is 0. The molecule has 1 aromatic carbocycles. The van der Waals surface area contributed by atoms with Crippen molar-refractivity contribution in [1.29, 1.82) is 0 Å².